The topological polar surface area (TPSA) is 53.4 Å². The summed E-state index contributed by atoms with van der Waals surface area (Å²) in [5, 5.41) is 8.07. The quantitative estimate of drug-likeness (QED) is 0.898. The summed E-state index contributed by atoms with van der Waals surface area (Å²) in [6, 6.07) is 3.87. The SMILES string of the molecule is O=C(c1ccn(C2CCCNC2)n1)N1CCC2C(CCCN2C2CC2)C1. The molecule has 3 aliphatic heterocycles. The first-order chi connectivity index (χ1) is 12.8. The van der Waals surface area contributed by atoms with Crippen molar-refractivity contribution >= 4 is 5.91 Å². The van der Waals surface area contributed by atoms with E-state index in [9.17, 15) is 4.79 Å². The molecule has 0 aromatic carbocycles. The van der Waals surface area contributed by atoms with E-state index in [4.69, 9.17) is 0 Å². The monoisotopic (exact) mass is 357 g/mol. The highest BCUT2D eigenvalue weighted by Gasteiger charge is 2.42. The molecule has 3 unspecified atom stereocenters. The van der Waals surface area contributed by atoms with E-state index >= 15 is 0 Å². The summed E-state index contributed by atoms with van der Waals surface area (Å²) in [5.41, 5.74) is 0.629. The molecule has 0 spiro atoms. The number of nitrogens with one attached hydrogen (secondary N) is 1. The van der Waals surface area contributed by atoms with Crippen LogP contribution in [0, 0.1) is 5.92 Å². The Balaban J connectivity index is 1.24. The number of fused-ring (bicyclic) bond motifs is 1. The van der Waals surface area contributed by atoms with Gasteiger partial charge in [-0.25, -0.2) is 0 Å². The molecule has 3 atom stereocenters. The van der Waals surface area contributed by atoms with Crippen molar-refractivity contribution in [1.29, 1.82) is 0 Å². The van der Waals surface area contributed by atoms with Crippen molar-refractivity contribution in [2.24, 2.45) is 5.92 Å². The molecule has 26 heavy (non-hydrogen) atoms. The van der Waals surface area contributed by atoms with Crippen LogP contribution >= 0.6 is 0 Å². The zero-order valence-corrected chi connectivity index (χ0v) is 15.6. The Morgan fingerprint density at radius 3 is 2.81 bits per heavy atom. The van der Waals surface area contributed by atoms with Crippen LogP contribution in [0.2, 0.25) is 0 Å². The summed E-state index contributed by atoms with van der Waals surface area (Å²) >= 11 is 0. The van der Waals surface area contributed by atoms with Gasteiger partial charge in [-0.15, -0.1) is 0 Å². The van der Waals surface area contributed by atoms with Crippen LogP contribution in [-0.2, 0) is 0 Å². The summed E-state index contributed by atoms with van der Waals surface area (Å²) in [7, 11) is 0. The zero-order chi connectivity index (χ0) is 17.5. The smallest absolute Gasteiger partial charge is 0.274 e. The lowest BCUT2D eigenvalue weighted by molar-refractivity contribution is 0.0171. The number of aromatic nitrogens is 2. The molecule has 4 fully saturated rings. The molecule has 4 heterocycles. The number of nitrogens with zero attached hydrogens (tertiary/aromatic N) is 4. The summed E-state index contributed by atoms with van der Waals surface area (Å²) in [5.74, 6) is 0.793. The van der Waals surface area contributed by atoms with Gasteiger partial charge in [-0.1, -0.05) is 0 Å². The molecule has 4 aliphatic rings. The van der Waals surface area contributed by atoms with Crippen LogP contribution in [-0.4, -0.2) is 70.3 Å². The molecule has 0 radical (unpaired) electrons. The van der Waals surface area contributed by atoms with Crippen molar-refractivity contribution in [3.8, 4) is 0 Å². The molecule has 6 nitrogen and oxygen atoms in total. The van der Waals surface area contributed by atoms with Gasteiger partial charge in [0, 0.05) is 37.9 Å². The van der Waals surface area contributed by atoms with E-state index in [0.29, 0.717) is 23.7 Å². The van der Waals surface area contributed by atoms with E-state index in [2.05, 4.69) is 20.2 Å². The zero-order valence-electron chi connectivity index (χ0n) is 15.6. The summed E-state index contributed by atoms with van der Waals surface area (Å²) in [6.07, 6.45) is 10.8. The van der Waals surface area contributed by atoms with Gasteiger partial charge in [-0.2, -0.15) is 5.10 Å². The van der Waals surface area contributed by atoms with E-state index in [-0.39, 0.29) is 5.91 Å². The molecule has 6 heteroatoms. The molecule has 1 aliphatic carbocycles. The van der Waals surface area contributed by atoms with Crippen molar-refractivity contribution < 1.29 is 4.79 Å². The predicted octanol–water partition coefficient (Wildman–Crippen LogP) is 1.90. The Bertz CT molecular complexity index is 648. The molecule has 1 N–H and O–H groups in total. The molecular formula is C20H31N5O. The van der Waals surface area contributed by atoms with Crippen LogP contribution < -0.4 is 5.32 Å². The molecular weight excluding hydrogens is 326 g/mol. The standard InChI is InChI=1S/C20H31N5O/c26-20(18-7-12-25(22-18)17-4-1-9-21-13-17)23-11-8-19-15(14-23)3-2-10-24(19)16-5-6-16/h7,12,15-17,19,21H,1-6,8-11,13-14H2. The third-order valence-corrected chi connectivity index (χ3v) is 6.89. The highest BCUT2D eigenvalue weighted by molar-refractivity contribution is 5.92. The molecule has 1 aromatic heterocycles. The van der Waals surface area contributed by atoms with Crippen LogP contribution in [0.1, 0.15) is 61.5 Å². The summed E-state index contributed by atoms with van der Waals surface area (Å²) in [4.78, 5) is 17.9. The number of amides is 1. The van der Waals surface area contributed by atoms with Gasteiger partial charge in [-0.3, -0.25) is 14.4 Å². The molecule has 5 rings (SSSR count). The van der Waals surface area contributed by atoms with E-state index in [1.54, 1.807) is 0 Å². The second-order valence-corrected chi connectivity index (χ2v) is 8.66. The number of carbonyl (C=O) groups is 1. The van der Waals surface area contributed by atoms with E-state index in [1.807, 2.05) is 16.9 Å². The second kappa shape index (κ2) is 6.97. The van der Waals surface area contributed by atoms with E-state index in [1.165, 1.54) is 38.6 Å². The second-order valence-electron chi connectivity index (χ2n) is 8.66. The van der Waals surface area contributed by atoms with Crippen molar-refractivity contribution in [2.45, 2.75) is 63.1 Å². The number of rotatable bonds is 3. The Hall–Kier alpha value is -1.40. The third kappa shape index (κ3) is 3.18. The summed E-state index contributed by atoms with van der Waals surface area (Å²) < 4.78 is 2.00. The maximum absolute atomic E-state index is 13.0. The average Bonchev–Trinajstić information content (AvgIpc) is 3.43. The maximum Gasteiger partial charge on any atom is 0.274 e. The molecule has 1 saturated carbocycles. The average molecular weight is 358 g/mol. The van der Waals surface area contributed by atoms with Gasteiger partial charge in [0.15, 0.2) is 0 Å². The highest BCUT2D eigenvalue weighted by atomic mass is 16.2. The Kier molecular flexibility index (Phi) is 4.49. The largest absolute Gasteiger partial charge is 0.337 e. The van der Waals surface area contributed by atoms with Crippen molar-refractivity contribution in [1.82, 2.24) is 24.9 Å². The fraction of sp³-hybridized carbons (Fsp3) is 0.800. The number of piperidine rings is 3. The molecule has 0 bridgehead atoms. The van der Waals surface area contributed by atoms with Gasteiger partial charge in [0.1, 0.15) is 5.69 Å². The minimum Gasteiger partial charge on any atom is -0.337 e. The van der Waals surface area contributed by atoms with Gasteiger partial charge in [-0.05, 0) is 70.0 Å². The predicted molar refractivity (Wildman–Crippen MR) is 100 cm³/mol. The van der Waals surface area contributed by atoms with Crippen LogP contribution in [0.4, 0.5) is 0 Å². The lowest BCUT2D eigenvalue weighted by Crippen LogP contribution is -2.55. The Morgan fingerprint density at radius 1 is 1.08 bits per heavy atom. The van der Waals surface area contributed by atoms with Gasteiger partial charge in [0.25, 0.3) is 5.91 Å². The van der Waals surface area contributed by atoms with Gasteiger partial charge >= 0.3 is 0 Å². The fourth-order valence-corrected chi connectivity index (χ4v) is 5.36. The van der Waals surface area contributed by atoms with Crippen molar-refractivity contribution in [3.63, 3.8) is 0 Å². The minimum absolute atomic E-state index is 0.134. The first-order valence-corrected chi connectivity index (χ1v) is 10.6. The summed E-state index contributed by atoms with van der Waals surface area (Å²) in [6.45, 7) is 5.14. The van der Waals surface area contributed by atoms with Crippen LogP contribution in [0.15, 0.2) is 12.3 Å². The van der Waals surface area contributed by atoms with Crippen LogP contribution in [0.3, 0.4) is 0 Å². The molecule has 1 aromatic rings. The normalized spacial score (nSPS) is 33.1. The number of carbonyl (C=O) groups excluding carboxylic acids is 1. The van der Waals surface area contributed by atoms with Gasteiger partial charge in [0.05, 0.1) is 6.04 Å². The molecule has 1 amide bonds. The lowest BCUT2D eigenvalue weighted by Gasteiger charge is -2.47. The lowest BCUT2D eigenvalue weighted by atomic mass is 9.83. The van der Waals surface area contributed by atoms with Crippen LogP contribution in [0.25, 0.3) is 0 Å². The number of hydrogen-bond donors (Lipinski definition) is 1. The van der Waals surface area contributed by atoms with Crippen molar-refractivity contribution in [3.05, 3.63) is 18.0 Å². The molecule has 3 saturated heterocycles. The van der Waals surface area contributed by atoms with E-state index in [0.717, 1.165) is 45.1 Å². The third-order valence-electron chi connectivity index (χ3n) is 6.89. The van der Waals surface area contributed by atoms with E-state index < -0.39 is 0 Å². The first kappa shape index (κ1) is 16.8. The first-order valence-electron chi connectivity index (χ1n) is 10.6. The van der Waals surface area contributed by atoms with Gasteiger partial charge in [0.2, 0.25) is 0 Å². The Labute approximate surface area is 155 Å². The van der Waals surface area contributed by atoms with Crippen molar-refractivity contribution in [2.75, 3.05) is 32.7 Å². The van der Waals surface area contributed by atoms with Gasteiger partial charge < -0.3 is 10.2 Å². The van der Waals surface area contributed by atoms with Crippen LogP contribution in [0.5, 0.6) is 0 Å². The fourth-order valence-electron chi connectivity index (χ4n) is 5.36. The highest BCUT2D eigenvalue weighted by Crippen LogP contribution is 2.38. The molecule has 142 valence electrons. The minimum atomic E-state index is 0.134. The number of likely N-dealkylation sites (tertiary alicyclic amines) is 2. The number of hydrogen-bond acceptors (Lipinski definition) is 4. The maximum atomic E-state index is 13.0. The Morgan fingerprint density at radius 2 is 2.00 bits per heavy atom.